The maximum atomic E-state index is 10.4. The molecule has 82 valence electrons. The Morgan fingerprint density at radius 3 is 2.43 bits per heavy atom. The third-order valence-corrected chi connectivity index (χ3v) is 2.46. The molecule has 0 rings (SSSR count). The van der Waals surface area contributed by atoms with Gasteiger partial charge in [0.2, 0.25) is 0 Å². The van der Waals surface area contributed by atoms with Crippen LogP contribution in [-0.2, 0) is 4.79 Å². The van der Waals surface area contributed by atoms with Crippen LogP contribution in [0.15, 0.2) is 11.6 Å². The number of rotatable bonds is 6. The predicted octanol–water partition coefficient (Wildman–Crippen LogP) is 2.44. The Bertz CT molecular complexity index is 222. The summed E-state index contributed by atoms with van der Waals surface area (Å²) in [6.07, 6.45) is 4.91. The van der Waals surface area contributed by atoms with E-state index in [1.165, 1.54) is 13.0 Å². The molecule has 4 heteroatoms. The number of hydrogen-bond donors (Lipinski definition) is 0. The fourth-order valence-corrected chi connectivity index (χ4v) is 1.65. The van der Waals surface area contributed by atoms with E-state index < -0.39 is 10.3 Å². The molecule has 0 unspecified atom stereocenters. The van der Waals surface area contributed by atoms with E-state index in [1.807, 2.05) is 0 Å². The summed E-state index contributed by atoms with van der Waals surface area (Å²) in [4.78, 5) is 10.4. The SMILES string of the molecule is CCCCCC(Cl)(Cl)/C=C(\C)C(=O)[O-]. The monoisotopic (exact) mass is 237 g/mol. The van der Waals surface area contributed by atoms with Gasteiger partial charge in [0.25, 0.3) is 0 Å². The number of halogens is 2. The number of carboxylic acids is 1. The number of carbonyl (C=O) groups is 1. The molecule has 0 radical (unpaired) electrons. The van der Waals surface area contributed by atoms with Crippen LogP contribution in [0.25, 0.3) is 0 Å². The number of unbranched alkanes of at least 4 members (excludes halogenated alkanes) is 2. The predicted molar refractivity (Wildman–Crippen MR) is 57.3 cm³/mol. The quantitative estimate of drug-likeness (QED) is 0.405. The average Bonchev–Trinajstić information content (AvgIpc) is 2.03. The lowest BCUT2D eigenvalue weighted by Crippen LogP contribution is -2.24. The second-order valence-electron chi connectivity index (χ2n) is 3.33. The summed E-state index contributed by atoms with van der Waals surface area (Å²) in [6.45, 7) is 3.50. The highest BCUT2D eigenvalue weighted by Crippen LogP contribution is 2.30. The van der Waals surface area contributed by atoms with E-state index in [2.05, 4.69) is 6.92 Å². The van der Waals surface area contributed by atoms with Crippen molar-refractivity contribution in [1.82, 2.24) is 0 Å². The number of allylic oxidation sites excluding steroid dienone is 1. The van der Waals surface area contributed by atoms with Crippen LogP contribution in [0.5, 0.6) is 0 Å². The smallest absolute Gasteiger partial charge is 0.136 e. The molecule has 14 heavy (non-hydrogen) atoms. The average molecular weight is 238 g/mol. The minimum absolute atomic E-state index is 0.0755. The van der Waals surface area contributed by atoms with Gasteiger partial charge in [0.15, 0.2) is 0 Å². The molecule has 0 aliphatic rings. The van der Waals surface area contributed by atoms with Gasteiger partial charge in [-0.25, -0.2) is 0 Å². The van der Waals surface area contributed by atoms with Crippen molar-refractivity contribution >= 4 is 29.2 Å². The van der Waals surface area contributed by atoms with Gasteiger partial charge in [0.05, 0.1) is 5.97 Å². The molecule has 0 aliphatic heterocycles. The molecular weight excluding hydrogens is 223 g/mol. The Labute approximate surface area is 94.9 Å². The Hall–Kier alpha value is -0.210. The summed E-state index contributed by atoms with van der Waals surface area (Å²) in [6, 6.07) is 0. The van der Waals surface area contributed by atoms with Gasteiger partial charge in [0.1, 0.15) is 4.33 Å². The van der Waals surface area contributed by atoms with Crippen molar-refractivity contribution in [3.8, 4) is 0 Å². The van der Waals surface area contributed by atoms with Crippen molar-refractivity contribution in [2.45, 2.75) is 43.9 Å². The van der Waals surface area contributed by atoms with Gasteiger partial charge >= 0.3 is 0 Å². The van der Waals surface area contributed by atoms with E-state index in [-0.39, 0.29) is 5.57 Å². The van der Waals surface area contributed by atoms with E-state index in [0.29, 0.717) is 6.42 Å². The first-order valence-electron chi connectivity index (χ1n) is 4.67. The van der Waals surface area contributed by atoms with Crippen LogP contribution in [0.4, 0.5) is 0 Å². The molecule has 0 saturated heterocycles. The zero-order valence-electron chi connectivity index (χ0n) is 8.48. The molecule has 0 saturated carbocycles. The number of carbonyl (C=O) groups excluding carboxylic acids is 1. The molecule has 0 N–H and O–H groups in total. The standard InChI is InChI=1S/C10H16Cl2O2/c1-3-4-5-6-10(11,12)7-8(2)9(13)14/h7H,3-6H2,1-2H3,(H,13,14)/p-1/b8-7+. The molecule has 0 atom stereocenters. The van der Waals surface area contributed by atoms with Crippen LogP contribution in [0.1, 0.15) is 39.5 Å². The first-order valence-corrected chi connectivity index (χ1v) is 5.43. The maximum absolute atomic E-state index is 10.4. The molecule has 0 aromatic heterocycles. The van der Waals surface area contributed by atoms with Crippen molar-refractivity contribution in [3.05, 3.63) is 11.6 Å². The second-order valence-corrected chi connectivity index (χ2v) is 4.88. The van der Waals surface area contributed by atoms with Crippen molar-refractivity contribution in [2.24, 2.45) is 0 Å². The third-order valence-electron chi connectivity index (χ3n) is 1.86. The first kappa shape index (κ1) is 13.8. The highest BCUT2D eigenvalue weighted by molar-refractivity contribution is 6.49. The van der Waals surface area contributed by atoms with Gasteiger partial charge in [-0.1, -0.05) is 49.4 Å². The van der Waals surface area contributed by atoms with Crippen LogP contribution >= 0.6 is 23.2 Å². The van der Waals surface area contributed by atoms with Crippen molar-refractivity contribution < 1.29 is 9.90 Å². The van der Waals surface area contributed by atoms with Crippen LogP contribution in [0, 0.1) is 0 Å². The molecule has 0 aromatic carbocycles. The first-order chi connectivity index (χ1) is 6.39. The molecule has 0 fully saturated rings. The number of alkyl halides is 2. The largest absolute Gasteiger partial charge is 0.545 e. The summed E-state index contributed by atoms with van der Waals surface area (Å²) in [5.41, 5.74) is 0.0755. The number of hydrogen-bond acceptors (Lipinski definition) is 2. The minimum atomic E-state index is -1.23. The lowest BCUT2D eigenvalue weighted by atomic mass is 10.1. The van der Waals surface area contributed by atoms with E-state index in [9.17, 15) is 9.90 Å². The zero-order chi connectivity index (χ0) is 11.2. The van der Waals surface area contributed by atoms with Gasteiger partial charge < -0.3 is 9.90 Å². The van der Waals surface area contributed by atoms with Crippen LogP contribution in [0.2, 0.25) is 0 Å². The topological polar surface area (TPSA) is 40.1 Å². The molecule has 0 heterocycles. The molecule has 2 nitrogen and oxygen atoms in total. The summed E-state index contributed by atoms with van der Waals surface area (Å²) >= 11 is 11.8. The summed E-state index contributed by atoms with van der Waals surface area (Å²) < 4.78 is -1.08. The molecule has 0 amide bonds. The van der Waals surface area contributed by atoms with Crippen LogP contribution in [0.3, 0.4) is 0 Å². The van der Waals surface area contributed by atoms with Gasteiger partial charge in [-0.05, 0) is 25.0 Å². The normalized spacial score (nSPS) is 13.0. The zero-order valence-corrected chi connectivity index (χ0v) is 9.99. The highest BCUT2D eigenvalue weighted by atomic mass is 35.5. The Kier molecular flexibility index (Phi) is 6.21. The highest BCUT2D eigenvalue weighted by Gasteiger charge is 2.20. The lowest BCUT2D eigenvalue weighted by molar-refractivity contribution is -0.299. The molecule has 0 aromatic rings. The van der Waals surface area contributed by atoms with E-state index in [4.69, 9.17) is 23.2 Å². The number of carboxylic acid groups (broad SMARTS) is 1. The molecule has 0 spiro atoms. The fourth-order valence-electron chi connectivity index (χ4n) is 1.06. The molecule has 0 aliphatic carbocycles. The fraction of sp³-hybridized carbons (Fsp3) is 0.700. The van der Waals surface area contributed by atoms with E-state index in [1.54, 1.807) is 0 Å². The van der Waals surface area contributed by atoms with Crippen molar-refractivity contribution in [3.63, 3.8) is 0 Å². The van der Waals surface area contributed by atoms with E-state index >= 15 is 0 Å². The van der Waals surface area contributed by atoms with Gasteiger partial charge in [-0.2, -0.15) is 0 Å². The van der Waals surface area contributed by atoms with Gasteiger partial charge in [-0.15, -0.1) is 0 Å². The Balaban J connectivity index is 4.18. The van der Waals surface area contributed by atoms with Gasteiger partial charge in [-0.3, -0.25) is 0 Å². The van der Waals surface area contributed by atoms with Crippen LogP contribution < -0.4 is 5.11 Å². The Morgan fingerprint density at radius 1 is 1.43 bits per heavy atom. The number of aliphatic carboxylic acids is 1. The summed E-state index contributed by atoms with van der Waals surface area (Å²) in [5, 5.41) is 10.4. The summed E-state index contributed by atoms with van der Waals surface area (Å²) in [7, 11) is 0. The van der Waals surface area contributed by atoms with Crippen molar-refractivity contribution in [2.75, 3.05) is 0 Å². The summed E-state index contributed by atoms with van der Waals surface area (Å²) in [5.74, 6) is -1.23. The second kappa shape index (κ2) is 6.31. The Morgan fingerprint density at radius 2 is 2.00 bits per heavy atom. The maximum Gasteiger partial charge on any atom is 0.136 e. The lowest BCUT2D eigenvalue weighted by Gasteiger charge is -2.16. The minimum Gasteiger partial charge on any atom is -0.545 e. The van der Waals surface area contributed by atoms with E-state index in [0.717, 1.165) is 19.3 Å². The van der Waals surface area contributed by atoms with Crippen LogP contribution in [-0.4, -0.2) is 10.3 Å². The third kappa shape index (κ3) is 6.28. The van der Waals surface area contributed by atoms with Crippen molar-refractivity contribution in [1.29, 1.82) is 0 Å². The molecular formula is C10H15Cl2O2-. The molecule has 0 bridgehead atoms. The van der Waals surface area contributed by atoms with Gasteiger partial charge in [0, 0.05) is 0 Å².